The van der Waals surface area contributed by atoms with Crippen molar-refractivity contribution >= 4 is 11.7 Å². The van der Waals surface area contributed by atoms with E-state index in [0.717, 1.165) is 18.4 Å². The number of amides is 1. The molecule has 1 aromatic rings. The minimum Gasteiger partial charge on any atom is -0.496 e. The molecule has 1 fully saturated rings. The third kappa shape index (κ3) is 3.01. The van der Waals surface area contributed by atoms with E-state index >= 15 is 0 Å². The number of rotatable bonds is 5. The average molecular weight is 277 g/mol. The number of amidine groups is 1. The standard InChI is InChI=1S/C14H19N3O3/c1-8-3-4-10(7-11(8)20-2)14(18)16-12(9-5-6-9)13(15)17-19/h3-4,7,9,12,19H,5-6H2,1-2H3,(H2,15,17)(H,16,18). The molecule has 0 saturated heterocycles. The first kappa shape index (κ1) is 14.2. The van der Waals surface area contributed by atoms with Crippen LogP contribution in [0.5, 0.6) is 5.75 Å². The number of ether oxygens (including phenoxy) is 1. The van der Waals surface area contributed by atoms with Gasteiger partial charge in [-0.15, -0.1) is 0 Å². The maximum atomic E-state index is 12.2. The van der Waals surface area contributed by atoms with Crippen LogP contribution in [-0.4, -0.2) is 30.1 Å². The van der Waals surface area contributed by atoms with Gasteiger partial charge in [0.25, 0.3) is 5.91 Å². The molecule has 0 spiro atoms. The molecule has 1 unspecified atom stereocenters. The Hall–Kier alpha value is -2.24. The average Bonchev–Trinajstić information content (AvgIpc) is 3.28. The molecule has 1 aliphatic rings. The number of aryl methyl sites for hydroxylation is 1. The third-order valence-corrected chi connectivity index (χ3v) is 3.48. The van der Waals surface area contributed by atoms with Crippen molar-refractivity contribution in [2.45, 2.75) is 25.8 Å². The topological polar surface area (TPSA) is 96.9 Å². The van der Waals surface area contributed by atoms with E-state index in [1.54, 1.807) is 19.2 Å². The zero-order chi connectivity index (χ0) is 14.7. The zero-order valence-corrected chi connectivity index (χ0v) is 11.6. The van der Waals surface area contributed by atoms with Crippen LogP contribution >= 0.6 is 0 Å². The van der Waals surface area contributed by atoms with Gasteiger partial charge in [0, 0.05) is 5.56 Å². The number of hydrogen-bond donors (Lipinski definition) is 3. The van der Waals surface area contributed by atoms with Crippen molar-refractivity contribution in [2.75, 3.05) is 7.11 Å². The highest BCUT2D eigenvalue weighted by molar-refractivity contribution is 5.98. The second-order valence-corrected chi connectivity index (χ2v) is 5.00. The number of carbonyl (C=O) groups excluding carboxylic acids is 1. The van der Waals surface area contributed by atoms with Gasteiger partial charge in [-0.2, -0.15) is 0 Å². The first-order chi connectivity index (χ1) is 9.56. The summed E-state index contributed by atoms with van der Waals surface area (Å²) in [4.78, 5) is 12.2. The van der Waals surface area contributed by atoms with Gasteiger partial charge in [-0.05, 0) is 43.4 Å². The highest BCUT2D eigenvalue weighted by atomic mass is 16.5. The Bertz CT molecular complexity index is 538. The molecule has 0 aromatic heterocycles. The number of nitrogens with one attached hydrogen (secondary N) is 1. The summed E-state index contributed by atoms with van der Waals surface area (Å²) in [5, 5.41) is 14.6. The summed E-state index contributed by atoms with van der Waals surface area (Å²) in [6.07, 6.45) is 1.94. The highest BCUT2D eigenvalue weighted by Gasteiger charge is 2.35. The van der Waals surface area contributed by atoms with Crippen LogP contribution in [0.4, 0.5) is 0 Å². The fraction of sp³-hybridized carbons (Fsp3) is 0.429. The van der Waals surface area contributed by atoms with Crippen LogP contribution in [0.2, 0.25) is 0 Å². The molecule has 6 nitrogen and oxygen atoms in total. The summed E-state index contributed by atoms with van der Waals surface area (Å²) in [5.41, 5.74) is 7.07. The lowest BCUT2D eigenvalue weighted by Gasteiger charge is -2.17. The second-order valence-electron chi connectivity index (χ2n) is 5.00. The summed E-state index contributed by atoms with van der Waals surface area (Å²) in [6, 6.07) is 4.81. The molecule has 1 aromatic carbocycles. The van der Waals surface area contributed by atoms with Crippen LogP contribution in [0.15, 0.2) is 23.4 Å². The van der Waals surface area contributed by atoms with E-state index in [1.165, 1.54) is 0 Å². The molecule has 0 heterocycles. The van der Waals surface area contributed by atoms with Crippen LogP contribution in [0, 0.1) is 12.8 Å². The maximum absolute atomic E-state index is 12.2. The molecule has 6 heteroatoms. The Balaban J connectivity index is 2.14. The van der Waals surface area contributed by atoms with Crippen molar-refractivity contribution in [3.05, 3.63) is 29.3 Å². The number of methoxy groups -OCH3 is 1. The van der Waals surface area contributed by atoms with Crippen LogP contribution in [-0.2, 0) is 0 Å². The van der Waals surface area contributed by atoms with Gasteiger partial charge < -0.3 is 21.0 Å². The molecular weight excluding hydrogens is 258 g/mol. The van der Waals surface area contributed by atoms with Gasteiger partial charge in [0.15, 0.2) is 5.84 Å². The number of oxime groups is 1. The van der Waals surface area contributed by atoms with E-state index in [2.05, 4.69) is 10.5 Å². The molecule has 0 aliphatic heterocycles. The van der Waals surface area contributed by atoms with Gasteiger partial charge in [-0.25, -0.2) is 0 Å². The van der Waals surface area contributed by atoms with E-state index in [1.807, 2.05) is 13.0 Å². The van der Waals surface area contributed by atoms with Crippen molar-refractivity contribution in [1.82, 2.24) is 5.32 Å². The van der Waals surface area contributed by atoms with Crippen molar-refractivity contribution in [3.8, 4) is 5.75 Å². The predicted octanol–water partition coefficient (Wildman–Crippen LogP) is 1.26. The van der Waals surface area contributed by atoms with Crippen LogP contribution in [0.3, 0.4) is 0 Å². The van der Waals surface area contributed by atoms with E-state index in [9.17, 15) is 4.79 Å². The number of carbonyl (C=O) groups is 1. The lowest BCUT2D eigenvalue weighted by Crippen LogP contribution is -2.46. The van der Waals surface area contributed by atoms with Crippen LogP contribution in [0.1, 0.15) is 28.8 Å². The van der Waals surface area contributed by atoms with Crippen molar-refractivity contribution in [2.24, 2.45) is 16.8 Å². The Kier molecular flexibility index (Phi) is 4.12. The number of benzene rings is 1. The van der Waals surface area contributed by atoms with E-state index in [0.29, 0.717) is 11.3 Å². The van der Waals surface area contributed by atoms with Crippen LogP contribution < -0.4 is 15.8 Å². The third-order valence-electron chi connectivity index (χ3n) is 3.48. The zero-order valence-electron chi connectivity index (χ0n) is 11.6. The largest absolute Gasteiger partial charge is 0.496 e. The quantitative estimate of drug-likeness (QED) is 0.326. The molecule has 2 rings (SSSR count). The van der Waals surface area contributed by atoms with Crippen molar-refractivity contribution in [1.29, 1.82) is 0 Å². The fourth-order valence-electron chi connectivity index (χ4n) is 2.11. The molecular formula is C14H19N3O3. The summed E-state index contributed by atoms with van der Waals surface area (Å²) >= 11 is 0. The Morgan fingerprint density at radius 1 is 1.55 bits per heavy atom. The molecule has 108 valence electrons. The fourth-order valence-corrected chi connectivity index (χ4v) is 2.11. The molecule has 1 aliphatic carbocycles. The Labute approximate surface area is 117 Å². The minimum absolute atomic E-state index is 0.0416. The molecule has 1 atom stereocenters. The predicted molar refractivity (Wildman–Crippen MR) is 75.1 cm³/mol. The highest BCUT2D eigenvalue weighted by Crippen LogP contribution is 2.33. The van der Waals surface area contributed by atoms with Gasteiger partial charge in [0.1, 0.15) is 5.75 Å². The van der Waals surface area contributed by atoms with Crippen LogP contribution in [0.25, 0.3) is 0 Å². The first-order valence-corrected chi connectivity index (χ1v) is 6.49. The Morgan fingerprint density at radius 3 is 2.80 bits per heavy atom. The minimum atomic E-state index is -0.417. The monoisotopic (exact) mass is 277 g/mol. The number of nitrogens with two attached hydrogens (primary N) is 1. The summed E-state index contributed by atoms with van der Waals surface area (Å²) in [7, 11) is 1.56. The number of hydrogen-bond acceptors (Lipinski definition) is 4. The molecule has 0 bridgehead atoms. The van der Waals surface area contributed by atoms with E-state index in [4.69, 9.17) is 15.7 Å². The second kappa shape index (κ2) is 5.81. The summed E-state index contributed by atoms with van der Waals surface area (Å²) < 4.78 is 5.20. The van der Waals surface area contributed by atoms with Gasteiger partial charge in [0.05, 0.1) is 13.2 Å². The number of nitrogens with zero attached hydrogens (tertiary/aromatic N) is 1. The van der Waals surface area contributed by atoms with Gasteiger partial charge in [-0.1, -0.05) is 11.2 Å². The van der Waals surface area contributed by atoms with Gasteiger partial charge in [0.2, 0.25) is 0 Å². The van der Waals surface area contributed by atoms with E-state index in [-0.39, 0.29) is 17.7 Å². The smallest absolute Gasteiger partial charge is 0.252 e. The summed E-state index contributed by atoms with van der Waals surface area (Å²) in [6.45, 7) is 1.91. The first-order valence-electron chi connectivity index (χ1n) is 6.49. The lowest BCUT2D eigenvalue weighted by molar-refractivity contribution is 0.0942. The molecule has 20 heavy (non-hydrogen) atoms. The lowest BCUT2D eigenvalue weighted by atomic mass is 10.1. The molecule has 4 N–H and O–H groups in total. The van der Waals surface area contributed by atoms with Crippen molar-refractivity contribution in [3.63, 3.8) is 0 Å². The normalized spacial score (nSPS) is 16.6. The molecule has 1 saturated carbocycles. The maximum Gasteiger partial charge on any atom is 0.252 e. The molecule has 0 radical (unpaired) electrons. The SMILES string of the molecule is COc1cc(C(=O)NC(C(N)=NO)C2CC2)ccc1C. The van der Waals surface area contributed by atoms with E-state index < -0.39 is 6.04 Å². The Morgan fingerprint density at radius 2 is 2.25 bits per heavy atom. The van der Waals surface area contributed by atoms with Crippen molar-refractivity contribution < 1.29 is 14.7 Å². The summed E-state index contributed by atoms with van der Waals surface area (Å²) in [5.74, 6) is 0.693. The van der Waals surface area contributed by atoms with Gasteiger partial charge in [-0.3, -0.25) is 4.79 Å². The molecule has 1 amide bonds. The van der Waals surface area contributed by atoms with Gasteiger partial charge >= 0.3 is 0 Å².